The molecule has 0 bridgehead atoms. The SMILES string of the molecule is COc1cc(NC(=O)CN(C)c2cc(C)ccc2C)cc(OC)c1. The number of carbonyl (C=O) groups is 1. The van der Waals surface area contributed by atoms with Gasteiger partial charge < -0.3 is 19.7 Å². The van der Waals surface area contributed by atoms with Crippen molar-refractivity contribution < 1.29 is 14.3 Å². The summed E-state index contributed by atoms with van der Waals surface area (Å²) in [5.74, 6) is 1.16. The maximum atomic E-state index is 12.4. The van der Waals surface area contributed by atoms with Crippen LogP contribution in [-0.4, -0.2) is 33.7 Å². The number of rotatable bonds is 6. The third-order valence-corrected chi connectivity index (χ3v) is 3.79. The van der Waals surface area contributed by atoms with Gasteiger partial charge in [0.25, 0.3) is 0 Å². The molecule has 0 heterocycles. The summed E-state index contributed by atoms with van der Waals surface area (Å²) in [7, 11) is 5.07. The second-order valence-corrected chi connectivity index (χ2v) is 5.80. The van der Waals surface area contributed by atoms with Crippen molar-refractivity contribution in [3.05, 3.63) is 47.5 Å². The second kappa shape index (κ2) is 7.73. The summed E-state index contributed by atoms with van der Waals surface area (Å²) in [5.41, 5.74) is 4.00. The minimum absolute atomic E-state index is 0.103. The summed E-state index contributed by atoms with van der Waals surface area (Å²) in [6.45, 7) is 4.33. The van der Waals surface area contributed by atoms with E-state index >= 15 is 0 Å². The zero-order valence-electron chi connectivity index (χ0n) is 14.8. The predicted molar refractivity (Wildman–Crippen MR) is 97.4 cm³/mol. The molecule has 0 aliphatic carbocycles. The molecule has 24 heavy (non-hydrogen) atoms. The molecule has 0 unspecified atom stereocenters. The van der Waals surface area contributed by atoms with Gasteiger partial charge in [0.2, 0.25) is 5.91 Å². The lowest BCUT2D eigenvalue weighted by Gasteiger charge is -2.21. The number of hydrogen-bond donors (Lipinski definition) is 1. The van der Waals surface area contributed by atoms with E-state index in [9.17, 15) is 4.79 Å². The molecule has 0 atom stereocenters. The zero-order chi connectivity index (χ0) is 17.7. The van der Waals surface area contributed by atoms with Gasteiger partial charge in [-0.1, -0.05) is 12.1 Å². The molecule has 0 aliphatic rings. The summed E-state index contributed by atoms with van der Waals surface area (Å²) in [4.78, 5) is 14.3. The van der Waals surface area contributed by atoms with Gasteiger partial charge in [0.05, 0.1) is 20.8 Å². The number of amides is 1. The van der Waals surface area contributed by atoms with Crippen molar-refractivity contribution in [2.75, 3.05) is 38.0 Å². The van der Waals surface area contributed by atoms with Crippen LogP contribution in [0.5, 0.6) is 11.5 Å². The van der Waals surface area contributed by atoms with Gasteiger partial charge >= 0.3 is 0 Å². The Labute approximate surface area is 143 Å². The minimum atomic E-state index is -0.103. The Hall–Kier alpha value is -2.69. The number of carbonyl (C=O) groups excluding carboxylic acids is 1. The summed E-state index contributed by atoms with van der Waals surface area (Å²) in [5, 5.41) is 2.89. The van der Waals surface area contributed by atoms with E-state index in [4.69, 9.17) is 9.47 Å². The molecule has 0 aromatic heterocycles. The van der Waals surface area contributed by atoms with Gasteiger partial charge in [0.1, 0.15) is 11.5 Å². The van der Waals surface area contributed by atoms with E-state index < -0.39 is 0 Å². The van der Waals surface area contributed by atoms with Crippen LogP contribution >= 0.6 is 0 Å². The van der Waals surface area contributed by atoms with Gasteiger partial charge in [-0.05, 0) is 31.0 Å². The molecule has 128 valence electrons. The summed E-state index contributed by atoms with van der Waals surface area (Å²) < 4.78 is 10.4. The number of anilines is 2. The highest BCUT2D eigenvalue weighted by Gasteiger charge is 2.11. The smallest absolute Gasteiger partial charge is 0.243 e. The molecule has 2 rings (SSSR count). The largest absolute Gasteiger partial charge is 0.497 e. The van der Waals surface area contributed by atoms with Crippen molar-refractivity contribution in [2.45, 2.75) is 13.8 Å². The lowest BCUT2D eigenvalue weighted by molar-refractivity contribution is -0.114. The van der Waals surface area contributed by atoms with Crippen molar-refractivity contribution >= 4 is 17.3 Å². The number of ether oxygens (including phenoxy) is 2. The van der Waals surface area contributed by atoms with Crippen molar-refractivity contribution in [2.24, 2.45) is 0 Å². The van der Waals surface area contributed by atoms with E-state index in [1.807, 2.05) is 25.8 Å². The van der Waals surface area contributed by atoms with E-state index in [2.05, 4.69) is 23.5 Å². The standard InChI is InChI=1S/C19H24N2O3/c1-13-6-7-14(2)18(8-13)21(3)12-19(22)20-15-9-16(23-4)11-17(10-15)24-5/h6-11H,12H2,1-5H3,(H,20,22). The average Bonchev–Trinajstić information content (AvgIpc) is 2.56. The van der Waals surface area contributed by atoms with Crippen molar-refractivity contribution in [1.29, 1.82) is 0 Å². The number of hydrogen-bond acceptors (Lipinski definition) is 4. The minimum Gasteiger partial charge on any atom is -0.497 e. The van der Waals surface area contributed by atoms with Crippen LogP contribution in [-0.2, 0) is 4.79 Å². The number of aryl methyl sites for hydroxylation is 2. The Bertz CT molecular complexity index is 706. The average molecular weight is 328 g/mol. The number of methoxy groups -OCH3 is 2. The fourth-order valence-corrected chi connectivity index (χ4v) is 2.51. The van der Waals surface area contributed by atoms with Crippen LogP contribution < -0.4 is 19.7 Å². The molecule has 2 aromatic carbocycles. The second-order valence-electron chi connectivity index (χ2n) is 5.80. The summed E-state index contributed by atoms with van der Waals surface area (Å²) in [6, 6.07) is 11.5. The maximum absolute atomic E-state index is 12.4. The van der Waals surface area contributed by atoms with Crippen LogP contribution in [0.2, 0.25) is 0 Å². The van der Waals surface area contributed by atoms with Gasteiger partial charge in [-0.3, -0.25) is 4.79 Å². The Morgan fingerprint density at radius 1 is 1.04 bits per heavy atom. The Balaban J connectivity index is 2.09. The van der Waals surface area contributed by atoms with E-state index in [1.165, 1.54) is 5.56 Å². The molecule has 0 spiro atoms. The van der Waals surface area contributed by atoms with Gasteiger partial charge in [-0.15, -0.1) is 0 Å². The van der Waals surface area contributed by atoms with Crippen molar-refractivity contribution in [1.82, 2.24) is 0 Å². The highest BCUT2D eigenvalue weighted by Crippen LogP contribution is 2.26. The molecule has 0 saturated carbocycles. The highest BCUT2D eigenvalue weighted by atomic mass is 16.5. The van der Waals surface area contributed by atoms with Crippen molar-refractivity contribution in [3.8, 4) is 11.5 Å². The fourth-order valence-electron chi connectivity index (χ4n) is 2.51. The zero-order valence-corrected chi connectivity index (χ0v) is 14.8. The predicted octanol–water partition coefficient (Wildman–Crippen LogP) is 3.40. The molecule has 1 amide bonds. The fraction of sp³-hybridized carbons (Fsp3) is 0.316. The third-order valence-electron chi connectivity index (χ3n) is 3.79. The molecule has 0 fully saturated rings. The lowest BCUT2D eigenvalue weighted by Crippen LogP contribution is -2.30. The molecule has 1 N–H and O–H groups in total. The maximum Gasteiger partial charge on any atom is 0.243 e. The van der Waals surface area contributed by atoms with Crippen LogP contribution in [0.15, 0.2) is 36.4 Å². The van der Waals surface area contributed by atoms with Gasteiger partial charge in [-0.25, -0.2) is 0 Å². The molecule has 5 heteroatoms. The molecule has 0 radical (unpaired) electrons. The molecule has 2 aromatic rings. The van der Waals surface area contributed by atoms with Crippen LogP contribution in [0, 0.1) is 13.8 Å². The monoisotopic (exact) mass is 328 g/mol. The normalized spacial score (nSPS) is 10.2. The van der Waals surface area contributed by atoms with Crippen LogP contribution in [0.3, 0.4) is 0 Å². The number of nitrogens with one attached hydrogen (secondary N) is 1. The summed E-state index contributed by atoms with van der Waals surface area (Å²) >= 11 is 0. The third kappa shape index (κ3) is 4.41. The Morgan fingerprint density at radius 2 is 1.67 bits per heavy atom. The highest BCUT2D eigenvalue weighted by molar-refractivity contribution is 5.94. The van der Waals surface area contributed by atoms with E-state index in [0.717, 1.165) is 11.3 Å². The van der Waals surface area contributed by atoms with Crippen molar-refractivity contribution in [3.63, 3.8) is 0 Å². The first-order valence-corrected chi connectivity index (χ1v) is 7.74. The molecular weight excluding hydrogens is 304 g/mol. The van der Waals surface area contributed by atoms with E-state index in [0.29, 0.717) is 17.2 Å². The van der Waals surface area contributed by atoms with Crippen LogP contribution in [0.25, 0.3) is 0 Å². The first-order chi connectivity index (χ1) is 11.4. The Morgan fingerprint density at radius 3 is 2.25 bits per heavy atom. The number of likely N-dealkylation sites (N-methyl/N-ethyl adjacent to an activating group) is 1. The molecule has 0 aliphatic heterocycles. The summed E-state index contributed by atoms with van der Waals surface area (Å²) in [6.07, 6.45) is 0. The Kier molecular flexibility index (Phi) is 5.68. The number of nitrogens with zero attached hydrogens (tertiary/aromatic N) is 1. The first-order valence-electron chi connectivity index (χ1n) is 7.74. The number of benzene rings is 2. The lowest BCUT2D eigenvalue weighted by atomic mass is 10.1. The van der Waals surface area contributed by atoms with Gasteiger partial charge in [0, 0.05) is 36.6 Å². The topological polar surface area (TPSA) is 50.8 Å². The van der Waals surface area contributed by atoms with E-state index in [-0.39, 0.29) is 12.5 Å². The molecule has 0 saturated heterocycles. The molecule has 5 nitrogen and oxygen atoms in total. The quantitative estimate of drug-likeness (QED) is 0.883. The van der Waals surface area contributed by atoms with Crippen LogP contribution in [0.4, 0.5) is 11.4 Å². The first kappa shape index (κ1) is 17.7. The van der Waals surface area contributed by atoms with Gasteiger partial charge in [-0.2, -0.15) is 0 Å². The van der Waals surface area contributed by atoms with E-state index in [1.54, 1.807) is 32.4 Å². The van der Waals surface area contributed by atoms with Gasteiger partial charge in [0.15, 0.2) is 0 Å². The molecular formula is C19H24N2O3. The van der Waals surface area contributed by atoms with Crippen LogP contribution in [0.1, 0.15) is 11.1 Å².